The van der Waals surface area contributed by atoms with Gasteiger partial charge >= 0.3 is 0 Å². The van der Waals surface area contributed by atoms with E-state index in [0.717, 1.165) is 37.3 Å². The van der Waals surface area contributed by atoms with Crippen LogP contribution in [0.15, 0.2) is 0 Å². The summed E-state index contributed by atoms with van der Waals surface area (Å²) >= 11 is 0. The molecule has 2 bridgehead atoms. The highest BCUT2D eigenvalue weighted by Gasteiger charge is 2.39. The summed E-state index contributed by atoms with van der Waals surface area (Å²) in [6, 6.07) is 0.0855. The van der Waals surface area contributed by atoms with Crippen molar-refractivity contribution in [2.45, 2.75) is 51.0 Å². The van der Waals surface area contributed by atoms with Crippen LogP contribution in [0.25, 0.3) is 0 Å². The minimum absolute atomic E-state index is 0. The Morgan fingerprint density at radius 2 is 2.06 bits per heavy atom. The Bertz CT molecular complexity index is 292. The summed E-state index contributed by atoms with van der Waals surface area (Å²) in [5.74, 6) is 2.92. The smallest absolute Gasteiger partial charge is 0.237 e. The van der Waals surface area contributed by atoms with Gasteiger partial charge < -0.3 is 10.6 Å². The van der Waals surface area contributed by atoms with Crippen LogP contribution in [-0.2, 0) is 4.79 Å². The molecule has 0 radical (unpaired) electrons. The normalized spacial score (nSPS) is 38.2. The quantitative estimate of drug-likeness (QED) is 0.826. The van der Waals surface area contributed by atoms with Crippen LogP contribution in [0.3, 0.4) is 0 Å². The van der Waals surface area contributed by atoms with Crippen molar-refractivity contribution in [2.75, 3.05) is 13.1 Å². The molecule has 1 aliphatic heterocycles. The molecule has 3 nitrogen and oxygen atoms in total. The van der Waals surface area contributed by atoms with Gasteiger partial charge in [0.1, 0.15) is 0 Å². The maximum Gasteiger partial charge on any atom is 0.237 e. The van der Waals surface area contributed by atoms with Crippen molar-refractivity contribution in [2.24, 2.45) is 17.8 Å². The van der Waals surface area contributed by atoms with Gasteiger partial charge in [0, 0.05) is 6.54 Å². The molecule has 2 N–H and O–H groups in total. The van der Waals surface area contributed by atoms with Gasteiger partial charge in [0.15, 0.2) is 0 Å². The lowest BCUT2D eigenvalue weighted by atomic mass is 9.89. The third-order valence-electron chi connectivity index (χ3n) is 5.05. The number of piperidine rings is 1. The number of hydrogen-bond acceptors (Lipinski definition) is 2. The average molecular weight is 273 g/mol. The maximum atomic E-state index is 12.0. The standard InChI is InChI=1S/C14H24N2O.ClH/c17-14(13-3-1-2-6-15-13)16-9-12-8-10-4-5-11(12)7-10;/h10-13,15H,1-9H2,(H,16,17);1H. The third-order valence-corrected chi connectivity index (χ3v) is 5.05. The van der Waals surface area contributed by atoms with Crippen LogP contribution in [0.4, 0.5) is 0 Å². The number of carbonyl (C=O) groups is 1. The molecule has 3 rings (SSSR count). The fraction of sp³-hybridized carbons (Fsp3) is 0.929. The summed E-state index contributed by atoms with van der Waals surface area (Å²) in [5, 5.41) is 6.49. The minimum atomic E-state index is 0. The van der Waals surface area contributed by atoms with Gasteiger partial charge in [-0.15, -0.1) is 12.4 Å². The maximum absolute atomic E-state index is 12.0. The first-order chi connectivity index (χ1) is 8.33. The lowest BCUT2D eigenvalue weighted by Gasteiger charge is -2.25. The summed E-state index contributed by atoms with van der Waals surface area (Å²) in [6.07, 6.45) is 9.08. The van der Waals surface area contributed by atoms with E-state index >= 15 is 0 Å². The topological polar surface area (TPSA) is 41.1 Å². The molecule has 2 aliphatic carbocycles. The van der Waals surface area contributed by atoms with E-state index in [9.17, 15) is 4.79 Å². The first-order valence-electron chi connectivity index (χ1n) is 7.34. The zero-order valence-corrected chi connectivity index (χ0v) is 11.8. The van der Waals surface area contributed by atoms with Gasteiger partial charge in [-0.3, -0.25) is 4.79 Å². The lowest BCUT2D eigenvalue weighted by molar-refractivity contribution is -0.123. The minimum Gasteiger partial charge on any atom is -0.354 e. The molecule has 3 aliphatic rings. The van der Waals surface area contributed by atoms with Crippen LogP contribution in [0.5, 0.6) is 0 Å². The molecule has 0 aromatic rings. The SMILES string of the molecule is Cl.O=C(NCC1CC2CCC1C2)C1CCCCN1. The molecule has 0 spiro atoms. The van der Waals surface area contributed by atoms with Crippen LogP contribution in [-0.4, -0.2) is 25.0 Å². The molecular weight excluding hydrogens is 248 g/mol. The molecule has 2 saturated carbocycles. The predicted octanol–water partition coefficient (Wildman–Crippen LogP) is 2.10. The Labute approximate surface area is 116 Å². The van der Waals surface area contributed by atoms with E-state index in [0.29, 0.717) is 0 Å². The third kappa shape index (κ3) is 3.00. The van der Waals surface area contributed by atoms with E-state index in [1.807, 2.05) is 0 Å². The molecule has 1 amide bonds. The van der Waals surface area contributed by atoms with Crippen molar-refractivity contribution in [3.8, 4) is 0 Å². The Balaban J connectivity index is 0.00000120. The second-order valence-electron chi connectivity index (χ2n) is 6.18. The predicted molar refractivity (Wildman–Crippen MR) is 74.8 cm³/mol. The molecule has 4 atom stereocenters. The Kier molecular flexibility index (Phi) is 4.91. The van der Waals surface area contributed by atoms with Crippen molar-refractivity contribution < 1.29 is 4.79 Å². The molecule has 18 heavy (non-hydrogen) atoms. The van der Waals surface area contributed by atoms with Crippen molar-refractivity contribution in [3.63, 3.8) is 0 Å². The monoisotopic (exact) mass is 272 g/mol. The summed E-state index contributed by atoms with van der Waals surface area (Å²) in [7, 11) is 0. The molecule has 1 saturated heterocycles. The number of halogens is 1. The number of amides is 1. The van der Waals surface area contributed by atoms with Gasteiger partial charge in [0.25, 0.3) is 0 Å². The zero-order chi connectivity index (χ0) is 11.7. The first-order valence-corrected chi connectivity index (χ1v) is 7.34. The number of rotatable bonds is 3. The fourth-order valence-electron chi connectivity index (χ4n) is 4.06. The lowest BCUT2D eigenvalue weighted by Crippen LogP contribution is -2.47. The molecule has 104 valence electrons. The van der Waals surface area contributed by atoms with Crippen molar-refractivity contribution in [3.05, 3.63) is 0 Å². The Morgan fingerprint density at radius 3 is 2.67 bits per heavy atom. The summed E-state index contributed by atoms with van der Waals surface area (Å²) in [5.41, 5.74) is 0. The molecule has 1 heterocycles. The van der Waals surface area contributed by atoms with Gasteiger partial charge in [-0.2, -0.15) is 0 Å². The van der Waals surface area contributed by atoms with Crippen molar-refractivity contribution >= 4 is 18.3 Å². The van der Waals surface area contributed by atoms with E-state index in [1.54, 1.807) is 0 Å². The van der Waals surface area contributed by atoms with Crippen LogP contribution in [0.1, 0.15) is 44.9 Å². The Morgan fingerprint density at radius 1 is 1.17 bits per heavy atom. The molecule has 0 aromatic heterocycles. The summed E-state index contributed by atoms with van der Waals surface area (Å²) in [6.45, 7) is 1.93. The summed E-state index contributed by atoms with van der Waals surface area (Å²) < 4.78 is 0. The van der Waals surface area contributed by atoms with Gasteiger partial charge in [0.2, 0.25) is 5.91 Å². The number of hydrogen-bond donors (Lipinski definition) is 2. The van der Waals surface area contributed by atoms with Crippen LogP contribution in [0.2, 0.25) is 0 Å². The molecule has 3 fully saturated rings. The average Bonchev–Trinajstić information content (AvgIpc) is 2.99. The second kappa shape index (κ2) is 6.25. The highest BCUT2D eigenvalue weighted by atomic mass is 35.5. The van der Waals surface area contributed by atoms with Crippen LogP contribution >= 0.6 is 12.4 Å². The van der Waals surface area contributed by atoms with E-state index in [1.165, 1.54) is 38.5 Å². The number of nitrogens with one attached hydrogen (secondary N) is 2. The van der Waals surface area contributed by atoms with Gasteiger partial charge in [-0.1, -0.05) is 12.8 Å². The van der Waals surface area contributed by atoms with E-state index in [4.69, 9.17) is 0 Å². The highest BCUT2D eigenvalue weighted by molar-refractivity contribution is 5.85. The number of carbonyl (C=O) groups excluding carboxylic acids is 1. The molecule has 0 aromatic carbocycles. The van der Waals surface area contributed by atoms with Gasteiger partial charge in [-0.05, 0) is 56.4 Å². The number of fused-ring (bicyclic) bond motifs is 2. The van der Waals surface area contributed by atoms with Crippen LogP contribution in [0, 0.1) is 17.8 Å². The summed E-state index contributed by atoms with van der Waals surface area (Å²) in [4.78, 5) is 12.0. The van der Waals surface area contributed by atoms with Gasteiger partial charge in [0.05, 0.1) is 6.04 Å². The van der Waals surface area contributed by atoms with Crippen molar-refractivity contribution in [1.29, 1.82) is 0 Å². The van der Waals surface area contributed by atoms with Gasteiger partial charge in [-0.25, -0.2) is 0 Å². The van der Waals surface area contributed by atoms with E-state index in [2.05, 4.69) is 10.6 Å². The van der Waals surface area contributed by atoms with E-state index in [-0.39, 0.29) is 24.4 Å². The zero-order valence-electron chi connectivity index (χ0n) is 11.0. The van der Waals surface area contributed by atoms with Crippen molar-refractivity contribution in [1.82, 2.24) is 10.6 Å². The van der Waals surface area contributed by atoms with E-state index < -0.39 is 0 Å². The first kappa shape index (κ1) is 14.1. The molecular formula is C14H25ClN2O. The molecule has 4 unspecified atom stereocenters. The fourth-order valence-corrected chi connectivity index (χ4v) is 4.06. The van der Waals surface area contributed by atoms with Crippen LogP contribution < -0.4 is 10.6 Å². The molecule has 4 heteroatoms. The largest absolute Gasteiger partial charge is 0.354 e. The highest BCUT2D eigenvalue weighted by Crippen LogP contribution is 2.47. The Hall–Kier alpha value is -0.280. The second-order valence-corrected chi connectivity index (χ2v) is 6.18.